The number of aliphatic hydroxyl groups is 1. The molecule has 2 N–H and O–H groups in total. The van der Waals surface area contributed by atoms with Crippen molar-refractivity contribution in [3.05, 3.63) is 48.6 Å². The number of likely N-dealkylation sites (tertiary alicyclic amines) is 1. The molecule has 1 rings (SSSR count). The Morgan fingerprint density at radius 3 is 1.62 bits per heavy atom. The van der Waals surface area contributed by atoms with Crippen molar-refractivity contribution in [3.63, 3.8) is 0 Å². The molecule has 0 radical (unpaired) electrons. The molecule has 304 valence electrons. The fraction of sp³-hybridized carbons (Fsp3) is 0.756. The topological polar surface area (TPSA) is 105 Å². The molecule has 1 aliphatic rings. The van der Waals surface area contributed by atoms with Gasteiger partial charge in [0.2, 0.25) is 5.91 Å². The van der Waals surface area contributed by atoms with Gasteiger partial charge < -0.3 is 19.9 Å². The Balaban J connectivity index is 2.23. The van der Waals surface area contributed by atoms with E-state index in [0.29, 0.717) is 19.5 Å². The van der Waals surface area contributed by atoms with Gasteiger partial charge in [-0.25, -0.2) is 4.79 Å². The van der Waals surface area contributed by atoms with Crippen molar-refractivity contribution in [3.8, 4) is 0 Å². The summed E-state index contributed by atoms with van der Waals surface area (Å²) in [7, 11) is 0. The van der Waals surface area contributed by atoms with Crippen molar-refractivity contribution < 1.29 is 29.0 Å². The summed E-state index contributed by atoms with van der Waals surface area (Å²) in [5, 5.41) is 12.0. The monoisotopic (exact) mass is 743 g/mol. The lowest BCUT2D eigenvalue weighted by Gasteiger charge is -2.37. The first-order chi connectivity index (χ1) is 26.0. The SMILES string of the molecule is CCCCC/C=C\C/C=C\CCCCCCCCOC(=O)[C@H](COC(=O)CCCCCCC/C=C\C/C=C\CCCCC)NC(=O)CN1CC(CO)C1. The van der Waals surface area contributed by atoms with E-state index in [4.69, 9.17) is 9.47 Å². The van der Waals surface area contributed by atoms with E-state index in [0.717, 1.165) is 83.5 Å². The number of carbonyl (C=O) groups is 3. The molecule has 0 aromatic carbocycles. The summed E-state index contributed by atoms with van der Waals surface area (Å²) >= 11 is 0. The largest absolute Gasteiger partial charge is 0.464 e. The van der Waals surface area contributed by atoms with Crippen molar-refractivity contribution in [2.45, 2.75) is 174 Å². The van der Waals surface area contributed by atoms with E-state index in [2.05, 4.69) is 67.8 Å². The molecule has 0 aliphatic carbocycles. The maximum absolute atomic E-state index is 12.9. The van der Waals surface area contributed by atoms with Gasteiger partial charge in [0, 0.05) is 32.0 Å². The first-order valence-corrected chi connectivity index (χ1v) is 21.5. The summed E-state index contributed by atoms with van der Waals surface area (Å²) in [6.07, 6.45) is 44.3. The smallest absolute Gasteiger partial charge is 0.332 e. The first kappa shape index (κ1) is 48.3. The van der Waals surface area contributed by atoms with E-state index in [9.17, 15) is 19.5 Å². The van der Waals surface area contributed by atoms with Crippen LogP contribution in [0.2, 0.25) is 0 Å². The van der Waals surface area contributed by atoms with Gasteiger partial charge in [-0.3, -0.25) is 14.5 Å². The molecule has 0 saturated carbocycles. The number of nitrogens with zero attached hydrogens (tertiary/aromatic N) is 1. The van der Waals surface area contributed by atoms with Crippen molar-refractivity contribution in [2.75, 3.05) is 39.5 Å². The number of aliphatic hydroxyl groups excluding tert-OH is 1. The Hall–Kier alpha value is -2.71. The summed E-state index contributed by atoms with van der Waals surface area (Å²) in [6, 6.07) is -1.03. The molecule has 0 aromatic heterocycles. The Morgan fingerprint density at radius 2 is 1.11 bits per heavy atom. The molecule has 53 heavy (non-hydrogen) atoms. The lowest BCUT2D eigenvalue weighted by Crippen LogP contribution is -2.54. The number of hydrogen-bond donors (Lipinski definition) is 2. The van der Waals surface area contributed by atoms with Gasteiger partial charge in [-0.1, -0.05) is 133 Å². The second-order valence-corrected chi connectivity index (χ2v) is 14.8. The third kappa shape index (κ3) is 30.3. The summed E-state index contributed by atoms with van der Waals surface area (Å²) in [5.41, 5.74) is 0. The number of amides is 1. The number of rotatable bonds is 36. The molecule has 8 heteroatoms. The van der Waals surface area contributed by atoms with Crippen LogP contribution in [0, 0.1) is 5.92 Å². The number of unbranched alkanes of at least 4 members (excludes halogenated alkanes) is 17. The summed E-state index contributed by atoms with van der Waals surface area (Å²) in [6.45, 7) is 6.05. The third-order valence-electron chi connectivity index (χ3n) is 9.61. The predicted octanol–water partition coefficient (Wildman–Crippen LogP) is 10.1. The summed E-state index contributed by atoms with van der Waals surface area (Å²) < 4.78 is 11.0. The Kier molecular flexibility index (Phi) is 33.1. The molecule has 0 unspecified atom stereocenters. The number of esters is 2. The van der Waals surface area contributed by atoms with E-state index in [1.54, 1.807) is 0 Å². The van der Waals surface area contributed by atoms with Gasteiger partial charge in [-0.05, 0) is 77.0 Å². The van der Waals surface area contributed by atoms with Crippen molar-refractivity contribution in [1.82, 2.24) is 10.2 Å². The van der Waals surface area contributed by atoms with Crippen molar-refractivity contribution in [2.24, 2.45) is 5.92 Å². The van der Waals surface area contributed by atoms with Gasteiger partial charge in [0.15, 0.2) is 6.04 Å². The van der Waals surface area contributed by atoms with Gasteiger partial charge in [-0.2, -0.15) is 0 Å². The lowest BCUT2D eigenvalue weighted by molar-refractivity contribution is -0.154. The predicted molar refractivity (Wildman–Crippen MR) is 220 cm³/mol. The van der Waals surface area contributed by atoms with Crippen molar-refractivity contribution in [1.29, 1.82) is 0 Å². The number of carbonyl (C=O) groups excluding carboxylic acids is 3. The zero-order valence-corrected chi connectivity index (χ0v) is 33.9. The minimum atomic E-state index is -1.03. The fourth-order valence-corrected chi connectivity index (χ4v) is 6.23. The normalized spacial score (nSPS) is 14.5. The van der Waals surface area contributed by atoms with Crippen LogP contribution in [0.3, 0.4) is 0 Å². The van der Waals surface area contributed by atoms with Crippen LogP contribution in [0.25, 0.3) is 0 Å². The average Bonchev–Trinajstić information content (AvgIpc) is 3.14. The first-order valence-electron chi connectivity index (χ1n) is 21.5. The standard InChI is InChI=1S/C45H78N2O6/c1-3-5-7-9-11-13-15-17-19-21-23-25-27-29-31-33-35-52-45(51)42(46-43(49)38-47-36-41(37-47)39-48)40-53-44(50)34-32-30-28-26-24-22-20-18-16-14-12-10-8-6-4-2/h11-14,17-20,41-42,48H,3-10,15-16,21-40H2,1-2H3,(H,46,49)/b13-11-,14-12-,19-17-,20-18-/t42-/m0/s1. The fourth-order valence-electron chi connectivity index (χ4n) is 6.23. The number of ether oxygens (including phenoxy) is 2. The maximum atomic E-state index is 12.9. The van der Waals surface area contributed by atoms with E-state index < -0.39 is 12.0 Å². The van der Waals surface area contributed by atoms with Gasteiger partial charge in [0.25, 0.3) is 0 Å². The van der Waals surface area contributed by atoms with E-state index in [1.807, 2.05) is 4.90 Å². The summed E-state index contributed by atoms with van der Waals surface area (Å²) in [4.78, 5) is 40.0. The number of hydrogen-bond acceptors (Lipinski definition) is 7. The van der Waals surface area contributed by atoms with Crippen molar-refractivity contribution >= 4 is 17.8 Å². The quantitative estimate of drug-likeness (QED) is 0.0374. The van der Waals surface area contributed by atoms with Crippen LogP contribution < -0.4 is 5.32 Å². The van der Waals surface area contributed by atoms with Crippen LogP contribution in [0.1, 0.15) is 168 Å². The molecule has 1 fully saturated rings. The highest BCUT2D eigenvalue weighted by Crippen LogP contribution is 2.14. The lowest BCUT2D eigenvalue weighted by atomic mass is 10.0. The van der Waals surface area contributed by atoms with Gasteiger partial charge in [0.1, 0.15) is 6.61 Å². The Bertz CT molecular complexity index is 1020. The summed E-state index contributed by atoms with van der Waals surface area (Å²) in [5.74, 6) is -1.06. The minimum absolute atomic E-state index is 0.104. The molecule has 1 aliphatic heterocycles. The van der Waals surface area contributed by atoms with Crippen LogP contribution in [0.4, 0.5) is 0 Å². The molecule has 1 amide bonds. The maximum Gasteiger partial charge on any atom is 0.332 e. The van der Waals surface area contributed by atoms with E-state index >= 15 is 0 Å². The zero-order chi connectivity index (χ0) is 38.5. The second kappa shape index (κ2) is 36.3. The molecule has 0 bridgehead atoms. The highest BCUT2D eigenvalue weighted by atomic mass is 16.6. The van der Waals surface area contributed by atoms with E-state index in [1.165, 1.54) is 64.2 Å². The number of nitrogens with one attached hydrogen (secondary N) is 1. The molecule has 8 nitrogen and oxygen atoms in total. The number of allylic oxidation sites excluding steroid dienone is 8. The van der Waals surface area contributed by atoms with Gasteiger partial charge in [0.05, 0.1) is 13.2 Å². The molecule has 1 heterocycles. The minimum Gasteiger partial charge on any atom is -0.464 e. The molecular weight excluding hydrogens is 665 g/mol. The zero-order valence-electron chi connectivity index (χ0n) is 33.9. The van der Waals surface area contributed by atoms with Crippen LogP contribution >= 0.6 is 0 Å². The molecule has 1 saturated heterocycles. The molecular formula is C45H78N2O6. The van der Waals surface area contributed by atoms with Crippen LogP contribution in [-0.4, -0.2) is 73.3 Å². The molecule has 1 atom stereocenters. The molecule has 0 spiro atoms. The van der Waals surface area contributed by atoms with Gasteiger partial charge >= 0.3 is 11.9 Å². The van der Waals surface area contributed by atoms with Gasteiger partial charge in [-0.15, -0.1) is 0 Å². The highest BCUT2D eigenvalue weighted by Gasteiger charge is 2.30. The highest BCUT2D eigenvalue weighted by molar-refractivity contribution is 5.86. The second-order valence-electron chi connectivity index (χ2n) is 14.8. The Morgan fingerprint density at radius 1 is 0.642 bits per heavy atom. The average molecular weight is 743 g/mol. The molecule has 0 aromatic rings. The Labute approximate surface area is 324 Å². The van der Waals surface area contributed by atoms with E-state index in [-0.39, 0.29) is 44.2 Å². The van der Waals surface area contributed by atoms with Crippen LogP contribution in [-0.2, 0) is 23.9 Å². The van der Waals surface area contributed by atoms with Crippen LogP contribution in [0.15, 0.2) is 48.6 Å². The van der Waals surface area contributed by atoms with Crippen LogP contribution in [0.5, 0.6) is 0 Å². The third-order valence-corrected chi connectivity index (χ3v) is 9.61.